The van der Waals surface area contributed by atoms with Gasteiger partial charge in [-0.25, -0.2) is 4.79 Å². The number of Topliss-reactive ketones (excluding diaryl/α,β-unsaturated/α-hetero) is 1. The molecular weight excluding hydrogens is 1150 g/mol. The predicted molar refractivity (Wildman–Crippen MR) is 308 cm³/mol. The van der Waals surface area contributed by atoms with Crippen LogP contribution in [0.5, 0.6) is 0 Å². The highest BCUT2D eigenvalue weighted by Gasteiger charge is 2.81. The third kappa shape index (κ3) is 12.4. The maximum absolute atomic E-state index is 13.7. The molecule has 5 heterocycles. The fraction of sp³-hybridized carbons (Fsp3) is 0.812. The van der Waals surface area contributed by atoms with E-state index in [0.717, 1.165) is 11.1 Å². The summed E-state index contributed by atoms with van der Waals surface area (Å²) in [5.41, 5.74) is -6.36. The van der Waals surface area contributed by atoms with E-state index in [1.54, 1.807) is 41.3 Å². The van der Waals surface area contributed by atoms with Crippen molar-refractivity contribution in [2.24, 2.45) is 16.7 Å². The maximum Gasteiger partial charge on any atom is 0.331 e. The van der Waals surface area contributed by atoms with E-state index >= 15 is 0 Å². The number of fused-ring (bicyclic) bond motifs is 5. The van der Waals surface area contributed by atoms with E-state index in [1.165, 1.54) is 20.1 Å². The zero-order valence-electron chi connectivity index (χ0n) is 52.5. The average molecular weight is 1250 g/mol. The van der Waals surface area contributed by atoms with E-state index in [0.29, 0.717) is 38.5 Å². The topological polar surface area (TPSA) is 314 Å². The van der Waals surface area contributed by atoms with Crippen LogP contribution >= 0.6 is 0 Å². The highest BCUT2D eigenvalue weighted by molar-refractivity contribution is 5.88. The van der Waals surface area contributed by atoms with Gasteiger partial charge in [0.1, 0.15) is 71.7 Å². The number of esters is 1. The molecule has 10 rings (SSSR count). The molecule has 88 heavy (non-hydrogen) atoms. The summed E-state index contributed by atoms with van der Waals surface area (Å²) in [6.07, 6.45) is -10.3. The molecule has 4 aliphatic carbocycles. The molecule has 0 unspecified atom stereocenters. The smallest absolute Gasteiger partial charge is 0.331 e. The Bertz CT molecular complexity index is 2590. The summed E-state index contributed by atoms with van der Waals surface area (Å²) in [7, 11) is 6.34. The molecule has 1 aromatic carbocycles. The lowest BCUT2D eigenvalue weighted by Gasteiger charge is -2.67. The van der Waals surface area contributed by atoms with Gasteiger partial charge in [-0.1, -0.05) is 48.9 Å². The third-order valence-electron chi connectivity index (χ3n) is 21.7. The monoisotopic (exact) mass is 1250 g/mol. The van der Waals surface area contributed by atoms with Crippen LogP contribution in [-0.4, -0.2) is 241 Å². The zero-order valence-corrected chi connectivity index (χ0v) is 52.5. The van der Waals surface area contributed by atoms with E-state index in [1.807, 2.05) is 57.2 Å². The van der Waals surface area contributed by atoms with Crippen LogP contribution in [0.25, 0.3) is 6.08 Å². The van der Waals surface area contributed by atoms with Crippen LogP contribution in [0.3, 0.4) is 0 Å². The Balaban J connectivity index is 0.723. The van der Waals surface area contributed by atoms with Gasteiger partial charge in [0.25, 0.3) is 0 Å². The van der Waals surface area contributed by atoms with Gasteiger partial charge in [-0.05, 0) is 104 Å². The molecule has 0 amide bonds. The Hall–Kier alpha value is -3.00. The number of carbonyl (C=O) groups excluding carboxylic acids is 2. The van der Waals surface area contributed by atoms with Crippen molar-refractivity contribution >= 4 is 17.8 Å². The molecule has 24 nitrogen and oxygen atoms in total. The minimum absolute atomic E-state index is 0.0639. The van der Waals surface area contributed by atoms with E-state index in [9.17, 15) is 45.3 Å². The van der Waals surface area contributed by atoms with Gasteiger partial charge in [-0.3, -0.25) is 4.79 Å². The third-order valence-corrected chi connectivity index (χ3v) is 21.7. The van der Waals surface area contributed by atoms with Crippen LogP contribution < -0.4 is 0 Å². The second kappa shape index (κ2) is 27.1. The Morgan fingerprint density at radius 3 is 1.59 bits per heavy atom. The van der Waals surface area contributed by atoms with Gasteiger partial charge in [0.2, 0.25) is 0 Å². The van der Waals surface area contributed by atoms with Gasteiger partial charge in [0.05, 0.1) is 67.0 Å². The molecule has 0 bridgehead atoms. The molecule has 29 atom stereocenters. The highest BCUT2D eigenvalue weighted by atomic mass is 16.8. The number of hydrogen-bond donors (Lipinski definition) is 7. The second-order valence-electron chi connectivity index (χ2n) is 26.4. The van der Waals surface area contributed by atoms with Crippen molar-refractivity contribution < 1.29 is 116 Å². The number of carbonyl (C=O) groups is 2. The van der Waals surface area contributed by atoms with Crippen molar-refractivity contribution in [3.05, 3.63) is 53.6 Å². The Morgan fingerprint density at radius 1 is 0.625 bits per heavy atom. The summed E-state index contributed by atoms with van der Waals surface area (Å²) in [5, 5.41) is 79.2. The van der Waals surface area contributed by atoms with Crippen LogP contribution in [0.15, 0.2) is 48.1 Å². The van der Waals surface area contributed by atoms with Crippen molar-refractivity contribution in [2.75, 3.05) is 35.0 Å². The van der Waals surface area contributed by atoms with Crippen molar-refractivity contribution in [1.82, 2.24) is 0 Å². The van der Waals surface area contributed by atoms with Crippen LogP contribution in [0.1, 0.15) is 125 Å². The van der Waals surface area contributed by atoms with Gasteiger partial charge in [0.15, 0.2) is 37.2 Å². The van der Waals surface area contributed by atoms with Crippen LogP contribution in [-0.2, 0) is 80.6 Å². The molecule has 9 aliphatic rings. The fourth-order valence-electron chi connectivity index (χ4n) is 16.5. The average Bonchev–Trinajstić information content (AvgIpc) is 1.36. The first-order valence-electron chi connectivity index (χ1n) is 31.4. The summed E-state index contributed by atoms with van der Waals surface area (Å²) < 4.78 is 94.3. The van der Waals surface area contributed by atoms with Gasteiger partial charge < -0.3 is 107 Å². The first-order chi connectivity index (χ1) is 41.8. The number of hydrogen-bond acceptors (Lipinski definition) is 24. The SMILES string of the molecule is CO[C@H]1C[C@H](O[C@H]2CC[C@@]3(C)C(=CC[C@]4(O)[C@@H]3C[C@@H](OC(=O)/C=C/c3ccccc3)[C@@]3(C)[C@]4(O)CC[C@@]3(O)C(C)=O)C2)O[C@H](C)[C@H]1O[C@H]1C[C@@H](OC)[C@H](O[C@H]2C[C@@H](OC)[C@H](O[C@H]3C[C@H](OC)[C@H](O[C@@H]4O[C@H](CO)[C@@H](O)[C@H](O)[C@H]4O)[C@@H](C)O3)[C@@H](C)O2)[C@@H](C)O1. The number of aliphatic hydroxyl groups excluding tert-OH is 4. The van der Waals surface area contributed by atoms with Crippen molar-refractivity contribution in [3.63, 3.8) is 0 Å². The molecule has 24 heteroatoms. The van der Waals surface area contributed by atoms with Gasteiger partial charge in [-0.15, -0.1) is 0 Å². The predicted octanol–water partition coefficient (Wildman–Crippen LogP) is 3.06. The van der Waals surface area contributed by atoms with Crippen molar-refractivity contribution in [2.45, 2.75) is 277 Å². The Kier molecular flexibility index (Phi) is 20.9. The summed E-state index contributed by atoms with van der Waals surface area (Å²) in [4.78, 5) is 27.0. The van der Waals surface area contributed by atoms with E-state index in [4.69, 9.17) is 71.1 Å². The van der Waals surface area contributed by atoms with Gasteiger partial charge in [0, 0.05) is 66.1 Å². The van der Waals surface area contributed by atoms with Gasteiger partial charge in [-0.2, -0.15) is 0 Å². The minimum atomic E-state index is -2.06. The molecule has 496 valence electrons. The highest BCUT2D eigenvalue weighted by Crippen LogP contribution is 2.71. The molecular formula is C64H96O24. The minimum Gasteiger partial charge on any atom is -0.458 e. The quantitative estimate of drug-likeness (QED) is 0.0595. The van der Waals surface area contributed by atoms with Gasteiger partial charge >= 0.3 is 5.97 Å². The first-order valence-corrected chi connectivity index (χ1v) is 31.4. The van der Waals surface area contributed by atoms with Crippen LogP contribution in [0.2, 0.25) is 0 Å². The van der Waals surface area contributed by atoms with E-state index in [-0.39, 0.29) is 38.2 Å². The number of methoxy groups -OCH3 is 4. The van der Waals surface area contributed by atoms with E-state index in [2.05, 4.69) is 6.92 Å². The Morgan fingerprint density at radius 2 is 1.11 bits per heavy atom. The zero-order chi connectivity index (χ0) is 63.4. The summed E-state index contributed by atoms with van der Waals surface area (Å²) in [6, 6.07) is 9.27. The van der Waals surface area contributed by atoms with Crippen molar-refractivity contribution in [1.29, 1.82) is 0 Å². The van der Waals surface area contributed by atoms with Crippen LogP contribution in [0.4, 0.5) is 0 Å². The second-order valence-corrected chi connectivity index (χ2v) is 26.4. The lowest BCUT2D eigenvalue weighted by Crippen LogP contribution is -2.78. The molecule has 0 spiro atoms. The number of ether oxygens (including phenoxy) is 15. The fourth-order valence-corrected chi connectivity index (χ4v) is 16.5. The number of benzene rings is 1. The summed E-state index contributed by atoms with van der Waals surface area (Å²) in [5.74, 6) is -1.84. The molecule has 7 N–H and O–H groups in total. The standard InChI is InChI=1S/C64H96O24/c1-32-55(85-49-27-41(75-9)56(33(2)79-49)86-50-28-42(76-10)57(34(3)80-50)87-51-29-43(77-11)58(35(4)81-51)88-59-54(70)53(69)52(68)44(31-65)83-59)40(74-8)26-48(78-32)82-39-20-21-60(6)38(25-39)19-22-63(72)45(60)30-46(84-47(67)18-17-37-15-13-12-14-16-37)61(7)62(71,36(5)66)23-24-64(61,63)73/h12-19,32-35,39-46,48-59,65,68-73H,20-31H2,1-11H3/b18-17+/t32-,33-,34-,35-,39+,40+,41-,42-,43+,44-,45-,46-,48+,49+,50+,51+,52-,53+,54-,55-,56-,57-,58-,59+,60+,61-,62-,63+,64-/m1/s1. The lowest BCUT2D eigenvalue weighted by atomic mass is 9.42. The van der Waals surface area contributed by atoms with Crippen molar-refractivity contribution in [3.8, 4) is 0 Å². The number of ketones is 1. The molecule has 5 aliphatic heterocycles. The normalized spacial score (nSPS) is 48.9. The summed E-state index contributed by atoms with van der Waals surface area (Å²) in [6.45, 7) is 11.8. The van der Waals surface area contributed by atoms with Crippen LogP contribution in [0, 0.1) is 16.7 Å². The molecule has 8 fully saturated rings. The number of rotatable bonds is 19. The molecule has 0 radical (unpaired) electrons. The van der Waals surface area contributed by atoms with E-state index < -0.39 is 187 Å². The summed E-state index contributed by atoms with van der Waals surface area (Å²) >= 11 is 0. The molecule has 1 aromatic rings. The molecule has 5 saturated heterocycles. The maximum atomic E-state index is 13.7. The Labute approximate surface area is 515 Å². The largest absolute Gasteiger partial charge is 0.458 e. The molecule has 3 saturated carbocycles. The lowest BCUT2D eigenvalue weighted by molar-refractivity contribution is -0.358. The number of aliphatic hydroxyl groups is 7. The molecule has 0 aromatic heterocycles. The first kappa shape index (κ1) is 67.9.